The summed E-state index contributed by atoms with van der Waals surface area (Å²) < 4.78 is 65.8. The predicted molar refractivity (Wildman–Crippen MR) is 133 cm³/mol. The first kappa shape index (κ1) is 25.1. The zero-order valence-corrected chi connectivity index (χ0v) is 20.5. The van der Waals surface area contributed by atoms with Gasteiger partial charge in [-0.3, -0.25) is 4.98 Å². The highest BCUT2D eigenvalue weighted by Gasteiger charge is 2.35. The lowest BCUT2D eigenvalue weighted by Gasteiger charge is -2.34. The van der Waals surface area contributed by atoms with Crippen LogP contribution in [-0.4, -0.2) is 47.0 Å². The topological polar surface area (TPSA) is 83.4 Å². The molecule has 0 radical (unpaired) electrons. The summed E-state index contributed by atoms with van der Waals surface area (Å²) in [5.74, 6) is 0. The molecule has 0 bridgehead atoms. The van der Waals surface area contributed by atoms with E-state index in [1.54, 1.807) is 55.5 Å². The summed E-state index contributed by atoms with van der Waals surface area (Å²) >= 11 is 0. The fourth-order valence-corrected chi connectivity index (χ4v) is 5.70. The van der Waals surface area contributed by atoms with Crippen LogP contribution in [0.2, 0.25) is 0 Å². The second-order valence-corrected chi connectivity index (χ2v) is 10.8. The molecule has 2 aromatic heterocycles. The number of aliphatic hydroxyl groups is 1. The summed E-state index contributed by atoms with van der Waals surface area (Å²) in [5, 5.41) is 9.49. The van der Waals surface area contributed by atoms with Gasteiger partial charge < -0.3 is 5.11 Å². The van der Waals surface area contributed by atoms with E-state index in [4.69, 9.17) is 4.98 Å². The summed E-state index contributed by atoms with van der Waals surface area (Å²) in [6.07, 6.45) is -5.05. The standard InChI is InChI=1S/C27H22F3N3O3S/c1-17-12-20(18-8-10-21(11-9-18)27(28,29)30)14-26(31-17)25-7-3-6-24(32-25)19-4-2-5-23(13-19)37(35,36)33-15-22(34)16-33/h2-14,22,34H,15-16H2,1H3. The second-order valence-electron chi connectivity index (χ2n) is 8.87. The average Bonchev–Trinajstić information content (AvgIpc) is 2.86. The minimum atomic E-state index is -4.41. The summed E-state index contributed by atoms with van der Waals surface area (Å²) in [7, 11) is -3.72. The van der Waals surface area contributed by atoms with E-state index in [-0.39, 0.29) is 18.0 Å². The number of hydrogen-bond donors (Lipinski definition) is 1. The third kappa shape index (κ3) is 5.13. The minimum Gasteiger partial charge on any atom is -0.390 e. The van der Waals surface area contributed by atoms with Crippen LogP contribution < -0.4 is 0 Å². The highest BCUT2D eigenvalue weighted by atomic mass is 32.2. The van der Waals surface area contributed by atoms with Crippen LogP contribution in [0.15, 0.2) is 83.8 Å². The number of aryl methyl sites for hydroxylation is 1. The van der Waals surface area contributed by atoms with Crippen molar-refractivity contribution < 1.29 is 26.7 Å². The number of halogens is 3. The van der Waals surface area contributed by atoms with Crippen molar-refractivity contribution in [3.05, 3.63) is 90.1 Å². The van der Waals surface area contributed by atoms with Gasteiger partial charge in [-0.2, -0.15) is 17.5 Å². The molecule has 1 saturated heterocycles. The number of aliphatic hydroxyl groups excluding tert-OH is 1. The average molecular weight is 526 g/mol. The maximum Gasteiger partial charge on any atom is 0.416 e. The van der Waals surface area contributed by atoms with Crippen LogP contribution in [0.5, 0.6) is 0 Å². The Labute approximate surface area is 212 Å². The van der Waals surface area contributed by atoms with Gasteiger partial charge in [0.2, 0.25) is 10.0 Å². The fourth-order valence-electron chi connectivity index (χ4n) is 4.13. The maximum absolute atomic E-state index is 13.0. The number of nitrogens with zero attached hydrogens (tertiary/aromatic N) is 3. The van der Waals surface area contributed by atoms with Gasteiger partial charge in [-0.25, -0.2) is 13.4 Å². The van der Waals surface area contributed by atoms with Crippen molar-refractivity contribution in [1.82, 2.24) is 14.3 Å². The van der Waals surface area contributed by atoms with Crippen LogP contribution in [0.4, 0.5) is 13.2 Å². The Morgan fingerprint density at radius 1 is 0.811 bits per heavy atom. The Balaban J connectivity index is 1.48. The summed E-state index contributed by atoms with van der Waals surface area (Å²) in [4.78, 5) is 9.36. The molecule has 0 unspecified atom stereocenters. The molecule has 0 atom stereocenters. The molecular weight excluding hydrogens is 503 g/mol. The van der Waals surface area contributed by atoms with E-state index in [1.165, 1.54) is 22.5 Å². The molecule has 4 aromatic rings. The van der Waals surface area contributed by atoms with Crippen molar-refractivity contribution in [2.24, 2.45) is 0 Å². The van der Waals surface area contributed by atoms with E-state index < -0.39 is 27.9 Å². The summed E-state index contributed by atoms with van der Waals surface area (Å²) in [6.45, 7) is 1.93. The molecule has 5 rings (SSSR count). The monoisotopic (exact) mass is 525 g/mol. The Hall–Kier alpha value is -3.60. The fraction of sp³-hybridized carbons (Fsp3) is 0.185. The van der Waals surface area contributed by atoms with E-state index >= 15 is 0 Å². The van der Waals surface area contributed by atoms with Gasteiger partial charge in [-0.05, 0) is 66.6 Å². The highest BCUT2D eigenvalue weighted by molar-refractivity contribution is 7.89. The quantitative estimate of drug-likeness (QED) is 0.389. The van der Waals surface area contributed by atoms with Gasteiger partial charge in [-0.1, -0.05) is 30.3 Å². The normalized spacial score (nSPS) is 14.9. The van der Waals surface area contributed by atoms with Crippen molar-refractivity contribution in [2.45, 2.75) is 24.1 Å². The first-order valence-corrected chi connectivity index (χ1v) is 12.9. The van der Waals surface area contributed by atoms with E-state index in [0.717, 1.165) is 12.1 Å². The molecule has 37 heavy (non-hydrogen) atoms. The molecule has 190 valence electrons. The number of aromatic nitrogens is 2. The zero-order valence-electron chi connectivity index (χ0n) is 19.6. The predicted octanol–water partition coefficient (Wildman–Crippen LogP) is 5.17. The molecule has 1 aliphatic heterocycles. The largest absolute Gasteiger partial charge is 0.416 e. The van der Waals surface area contributed by atoms with Crippen LogP contribution in [0, 0.1) is 6.92 Å². The van der Waals surface area contributed by atoms with Crippen molar-refractivity contribution >= 4 is 10.0 Å². The minimum absolute atomic E-state index is 0.0700. The summed E-state index contributed by atoms with van der Waals surface area (Å²) in [6, 6.07) is 20.3. The molecule has 1 fully saturated rings. The smallest absolute Gasteiger partial charge is 0.390 e. The third-order valence-electron chi connectivity index (χ3n) is 6.11. The number of sulfonamides is 1. The Morgan fingerprint density at radius 2 is 1.49 bits per heavy atom. The molecule has 1 aliphatic rings. The van der Waals surface area contributed by atoms with Crippen molar-refractivity contribution in [1.29, 1.82) is 0 Å². The van der Waals surface area contributed by atoms with Gasteiger partial charge in [-0.15, -0.1) is 0 Å². The van der Waals surface area contributed by atoms with Crippen LogP contribution in [0.1, 0.15) is 11.3 Å². The van der Waals surface area contributed by atoms with Crippen molar-refractivity contribution in [2.75, 3.05) is 13.1 Å². The van der Waals surface area contributed by atoms with Crippen molar-refractivity contribution in [3.63, 3.8) is 0 Å². The van der Waals surface area contributed by atoms with Crippen LogP contribution in [0.3, 0.4) is 0 Å². The lowest BCUT2D eigenvalue weighted by atomic mass is 10.0. The number of pyridine rings is 2. The lowest BCUT2D eigenvalue weighted by molar-refractivity contribution is -0.137. The molecule has 1 N–H and O–H groups in total. The number of β-amino-alcohol motifs (C(OH)–C–C–N with tert-alkyl or cyclic N) is 1. The van der Waals surface area contributed by atoms with E-state index in [9.17, 15) is 26.7 Å². The SMILES string of the molecule is Cc1cc(-c2ccc(C(F)(F)F)cc2)cc(-c2cccc(-c3cccc(S(=O)(=O)N4CC(O)C4)c3)n2)n1. The molecular formula is C27H22F3N3O3S. The molecule has 10 heteroatoms. The van der Waals surface area contributed by atoms with Crippen LogP contribution in [0.25, 0.3) is 33.8 Å². The van der Waals surface area contributed by atoms with Gasteiger partial charge in [0.25, 0.3) is 0 Å². The van der Waals surface area contributed by atoms with E-state index in [0.29, 0.717) is 39.5 Å². The molecule has 6 nitrogen and oxygen atoms in total. The Morgan fingerprint density at radius 3 is 2.16 bits per heavy atom. The number of rotatable bonds is 5. The summed E-state index contributed by atoms with van der Waals surface area (Å²) in [5.41, 5.74) is 3.48. The van der Waals surface area contributed by atoms with Gasteiger partial charge in [0.1, 0.15) is 0 Å². The lowest BCUT2D eigenvalue weighted by Crippen LogP contribution is -2.53. The molecule has 0 amide bonds. The van der Waals surface area contributed by atoms with Gasteiger partial charge in [0, 0.05) is 24.3 Å². The molecule has 2 aromatic carbocycles. The molecule has 0 spiro atoms. The van der Waals surface area contributed by atoms with E-state index in [2.05, 4.69) is 4.98 Å². The second kappa shape index (κ2) is 9.37. The van der Waals surface area contributed by atoms with Gasteiger partial charge >= 0.3 is 6.18 Å². The maximum atomic E-state index is 13.0. The zero-order chi connectivity index (χ0) is 26.4. The number of alkyl halides is 3. The third-order valence-corrected chi connectivity index (χ3v) is 7.93. The molecule has 0 saturated carbocycles. The Bertz CT molecular complexity index is 1570. The van der Waals surface area contributed by atoms with Gasteiger partial charge in [0.15, 0.2) is 0 Å². The van der Waals surface area contributed by atoms with Crippen LogP contribution in [-0.2, 0) is 16.2 Å². The number of hydrogen-bond acceptors (Lipinski definition) is 5. The molecule has 0 aliphatic carbocycles. The highest BCUT2D eigenvalue weighted by Crippen LogP contribution is 2.32. The first-order valence-electron chi connectivity index (χ1n) is 11.4. The van der Waals surface area contributed by atoms with Crippen molar-refractivity contribution in [3.8, 4) is 33.8 Å². The van der Waals surface area contributed by atoms with E-state index in [1.807, 2.05) is 0 Å². The van der Waals surface area contributed by atoms with Gasteiger partial charge in [0.05, 0.1) is 33.6 Å². The number of benzene rings is 2. The first-order chi connectivity index (χ1) is 17.5. The molecule has 3 heterocycles. The Kier molecular flexibility index (Phi) is 6.35. The van der Waals surface area contributed by atoms with Crippen LogP contribution >= 0.6 is 0 Å².